The molecule has 0 saturated carbocycles. The number of carbonyl (C=O) groups excluding carboxylic acids is 2. The fourth-order valence-electron chi connectivity index (χ4n) is 2.63. The van der Waals surface area contributed by atoms with Crippen molar-refractivity contribution in [1.82, 2.24) is 10.6 Å². The van der Waals surface area contributed by atoms with Gasteiger partial charge >= 0.3 is 12.0 Å². The molecule has 1 aromatic heterocycles. The SMILES string of the molecule is COC(=O)C1=C(C)NC(=O)N[C@H]1c1ccc(-c2cc(Cl)ccc2Cl)o1. The first-order chi connectivity index (χ1) is 11.9. The minimum Gasteiger partial charge on any atom is -0.466 e. The number of allylic oxidation sites excluding steroid dienone is 1. The van der Waals surface area contributed by atoms with Crippen LogP contribution in [0, 0.1) is 0 Å². The number of esters is 1. The zero-order valence-corrected chi connectivity index (χ0v) is 14.9. The Labute approximate surface area is 153 Å². The third kappa shape index (κ3) is 3.36. The van der Waals surface area contributed by atoms with E-state index in [-0.39, 0.29) is 5.57 Å². The third-order valence-electron chi connectivity index (χ3n) is 3.78. The Morgan fingerprint density at radius 2 is 2.00 bits per heavy atom. The van der Waals surface area contributed by atoms with Crippen LogP contribution in [0.3, 0.4) is 0 Å². The monoisotopic (exact) mass is 380 g/mol. The second-order valence-corrected chi connectivity index (χ2v) is 6.23. The lowest BCUT2D eigenvalue weighted by atomic mass is 10.0. The Hall–Kier alpha value is -2.44. The fraction of sp³-hybridized carbons (Fsp3) is 0.176. The fourth-order valence-corrected chi connectivity index (χ4v) is 3.01. The minimum absolute atomic E-state index is 0.264. The molecule has 1 aliphatic heterocycles. The maximum atomic E-state index is 12.1. The molecule has 25 heavy (non-hydrogen) atoms. The predicted octanol–water partition coefficient (Wildman–Crippen LogP) is 4.05. The lowest BCUT2D eigenvalue weighted by molar-refractivity contribution is -0.136. The first-order valence-corrected chi connectivity index (χ1v) is 8.08. The van der Waals surface area contributed by atoms with Crippen LogP contribution in [0.1, 0.15) is 18.7 Å². The van der Waals surface area contributed by atoms with Crippen LogP contribution in [0.15, 0.2) is 46.0 Å². The van der Waals surface area contributed by atoms with E-state index in [0.29, 0.717) is 32.8 Å². The van der Waals surface area contributed by atoms with Gasteiger partial charge in [-0.05, 0) is 37.3 Å². The molecule has 0 aliphatic carbocycles. The molecule has 0 radical (unpaired) electrons. The summed E-state index contributed by atoms with van der Waals surface area (Å²) in [5, 5.41) is 6.19. The third-order valence-corrected chi connectivity index (χ3v) is 4.34. The van der Waals surface area contributed by atoms with Gasteiger partial charge in [-0.25, -0.2) is 9.59 Å². The van der Waals surface area contributed by atoms with Crippen molar-refractivity contribution in [2.75, 3.05) is 7.11 Å². The van der Waals surface area contributed by atoms with E-state index in [1.54, 1.807) is 37.3 Å². The van der Waals surface area contributed by atoms with Gasteiger partial charge in [0.15, 0.2) is 0 Å². The summed E-state index contributed by atoms with van der Waals surface area (Å²) in [7, 11) is 1.27. The maximum Gasteiger partial charge on any atom is 0.338 e. The summed E-state index contributed by atoms with van der Waals surface area (Å²) in [5.74, 6) is 0.284. The number of hydrogen-bond donors (Lipinski definition) is 2. The number of halogens is 2. The van der Waals surface area contributed by atoms with Crippen molar-refractivity contribution >= 4 is 35.2 Å². The summed E-state index contributed by atoms with van der Waals surface area (Å²) in [6.45, 7) is 1.62. The standard InChI is InChI=1S/C17H14Cl2N2O4/c1-8-14(16(22)24-2)15(21-17(23)20-8)13-6-5-12(25-13)10-7-9(18)3-4-11(10)19/h3-7,15H,1-2H3,(H2,20,21,23)/t15-/m0/s1. The van der Waals surface area contributed by atoms with Crippen LogP contribution in [0.5, 0.6) is 0 Å². The summed E-state index contributed by atoms with van der Waals surface area (Å²) < 4.78 is 10.6. The highest BCUT2D eigenvalue weighted by atomic mass is 35.5. The molecule has 0 bridgehead atoms. The number of rotatable bonds is 3. The number of furan rings is 1. The number of carbonyl (C=O) groups is 2. The molecule has 3 rings (SSSR count). The predicted molar refractivity (Wildman–Crippen MR) is 93.3 cm³/mol. The maximum absolute atomic E-state index is 12.1. The summed E-state index contributed by atoms with van der Waals surface area (Å²) in [6, 6.07) is 7.17. The van der Waals surface area contributed by atoms with Crippen LogP contribution >= 0.6 is 23.2 Å². The molecule has 2 aromatic rings. The van der Waals surface area contributed by atoms with Gasteiger partial charge < -0.3 is 19.8 Å². The highest BCUT2D eigenvalue weighted by molar-refractivity contribution is 6.35. The zero-order chi connectivity index (χ0) is 18.1. The second kappa shape index (κ2) is 6.82. The van der Waals surface area contributed by atoms with Crippen molar-refractivity contribution in [2.24, 2.45) is 0 Å². The number of methoxy groups -OCH3 is 1. The zero-order valence-electron chi connectivity index (χ0n) is 13.4. The molecule has 8 heteroatoms. The number of nitrogens with one attached hydrogen (secondary N) is 2. The number of hydrogen-bond acceptors (Lipinski definition) is 4. The Kier molecular flexibility index (Phi) is 4.74. The quantitative estimate of drug-likeness (QED) is 0.786. The summed E-state index contributed by atoms with van der Waals surface area (Å²) in [4.78, 5) is 23.9. The molecule has 0 fully saturated rings. The molecule has 0 saturated heterocycles. The molecule has 130 valence electrons. The highest BCUT2D eigenvalue weighted by Gasteiger charge is 2.34. The Balaban J connectivity index is 2.03. The van der Waals surface area contributed by atoms with E-state index >= 15 is 0 Å². The molecule has 0 spiro atoms. The lowest BCUT2D eigenvalue weighted by Gasteiger charge is -2.26. The summed E-state index contributed by atoms with van der Waals surface area (Å²) in [5.41, 5.74) is 1.28. The molecule has 2 amide bonds. The number of urea groups is 1. The van der Waals surface area contributed by atoms with Crippen molar-refractivity contribution in [2.45, 2.75) is 13.0 Å². The van der Waals surface area contributed by atoms with E-state index in [1.807, 2.05) is 0 Å². The van der Waals surface area contributed by atoms with Crippen LogP contribution in [-0.4, -0.2) is 19.1 Å². The van der Waals surface area contributed by atoms with E-state index in [1.165, 1.54) is 7.11 Å². The minimum atomic E-state index is -0.770. The molecule has 1 atom stereocenters. The van der Waals surface area contributed by atoms with E-state index in [9.17, 15) is 9.59 Å². The van der Waals surface area contributed by atoms with E-state index < -0.39 is 18.0 Å². The second-order valence-electron chi connectivity index (χ2n) is 5.39. The normalized spacial score (nSPS) is 17.1. The van der Waals surface area contributed by atoms with Gasteiger partial charge in [0.05, 0.1) is 17.7 Å². The summed E-state index contributed by atoms with van der Waals surface area (Å²) in [6.07, 6.45) is 0. The van der Waals surface area contributed by atoms with Gasteiger partial charge in [-0.1, -0.05) is 23.2 Å². The first kappa shape index (κ1) is 17.4. The molecular weight excluding hydrogens is 367 g/mol. The largest absolute Gasteiger partial charge is 0.466 e. The van der Waals surface area contributed by atoms with Gasteiger partial charge in [0.25, 0.3) is 0 Å². The Bertz CT molecular complexity index is 889. The van der Waals surface area contributed by atoms with Crippen molar-refractivity contribution in [3.05, 3.63) is 57.4 Å². The first-order valence-electron chi connectivity index (χ1n) is 7.32. The molecular formula is C17H14Cl2N2O4. The lowest BCUT2D eigenvalue weighted by Crippen LogP contribution is -2.45. The number of ether oxygens (including phenoxy) is 1. The van der Waals surface area contributed by atoms with Crippen LogP contribution in [0.25, 0.3) is 11.3 Å². The molecule has 2 N–H and O–H groups in total. The van der Waals surface area contributed by atoms with Crippen molar-refractivity contribution in [3.63, 3.8) is 0 Å². The van der Waals surface area contributed by atoms with E-state index in [2.05, 4.69) is 10.6 Å². The van der Waals surface area contributed by atoms with E-state index in [0.717, 1.165) is 0 Å². The van der Waals surface area contributed by atoms with Crippen LogP contribution in [0.4, 0.5) is 4.79 Å². The molecule has 2 heterocycles. The average Bonchev–Trinajstić information content (AvgIpc) is 3.05. The van der Waals surface area contributed by atoms with Gasteiger partial charge in [-0.3, -0.25) is 0 Å². The molecule has 1 aliphatic rings. The van der Waals surface area contributed by atoms with Crippen molar-refractivity contribution in [3.8, 4) is 11.3 Å². The van der Waals surface area contributed by atoms with Gasteiger partial charge in [-0.2, -0.15) is 0 Å². The van der Waals surface area contributed by atoms with Crippen molar-refractivity contribution < 1.29 is 18.7 Å². The molecule has 6 nitrogen and oxygen atoms in total. The van der Waals surface area contributed by atoms with Crippen molar-refractivity contribution in [1.29, 1.82) is 0 Å². The molecule has 0 unspecified atom stereocenters. The smallest absolute Gasteiger partial charge is 0.338 e. The van der Waals surface area contributed by atoms with Gasteiger partial charge in [0.1, 0.15) is 17.6 Å². The summed E-state index contributed by atoms with van der Waals surface area (Å²) >= 11 is 12.2. The van der Waals surface area contributed by atoms with Crippen LogP contribution in [0.2, 0.25) is 10.0 Å². The average molecular weight is 381 g/mol. The van der Waals surface area contributed by atoms with Crippen LogP contribution < -0.4 is 10.6 Å². The number of benzene rings is 1. The van der Waals surface area contributed by atoms with Gasteiger partial charge in [0.2, 0.25) is 0 Å². The molecule has 1 aromatic carbocycles. The van der Waals surface area contributed by atoms with Gasteiger partial charge in [-0.15, -0.1) is 0 Å². The van der Waals surface area contributed by atoms with Gasteiger partial charge in [0, 0.05) is 16.3 Å². The van der Waals surface area contributed by atoms with Crippen LogP contribution in [-0.2, 0) is 9.53 Å². The van der Waals surface area contributed by atoms with E-state index in [4.69, 9.17) is 32.4 Å². The topological polar surface area (TPSA) is 80.6 Å². The number of amides is 2. The highest BCUT2D eigenvalue weighted by Crippen LogP contribution is 2.35. The Morgan fingerprint density at radius 1 is 1.24 bits per heavy atom. The Morgan fingerprint density at radius 3 is 2.72 bits per heavy atom.